The average Bonchev–Trinajstić information content (AvgIpc) is 2.72. The summed E-state index contributed by atoms with van der Waals surface area (Å²) in [6.45, 7) is 5.58. The van der Waals surface area contributed by atoms with Crippen LogP contribution in [-0.2, 0) is 12.6 Å². The van der Waals surface area contributed by atoms with Crippen molar-refractivity contribution >= 4 is 5.65 Å². The zero-order valence-electron chi connectivity index (χ0n) is 10.8. The molecule has 0 saturated heterocycles. The lowest BCUT2D eigenvalue weighted by Gasteiger charge is -2.10. The van der Waals surface area contributed by atoms with Gasteiger partial charge in [-0.25, -0.2) is 4.98 Å². The number of nitrogens with one attached hydrogen (secondary N) is 1. The molecule has 2 rings (SSSR count). The number of hydrogen-bond donors (Lipinski definition) is 1. The van der Waals surface area contributed by atoms with E-state index in [1.807, 2.05) is 18.9 Å². The molecule has 0 saturated carbocycles. The molecule has 0 fully saturated rings. The van der Waals surface area contributed by atoms with Crippen molar-refractivity contribution < 1.29 is 13.2 Å². The van der Waals surface area contributed by atoms with Gasteiger partial charge in [-0.05, 0) is 24.0 Å². The first-order valence-corrected chi connectivity index (χ1v) is 5.97. The highest BCUT2D eigenvalue weighted by atomic mass is 19.4. The summed E-state index contributed by atoms with van der Waals surface area (Å²) in [6.07, 6.45) is -4.13. The summed E-state index contributed by atoms with van der Waals surface area (Å²) >= 11 is 0. The third-order valence-corrected chi connectivity index (χ3v) is 3.01. The predicted octanol–water partition coefficient (Wildman–Crippen LogP) is 2.73. The van der Waals surface area contributed by atoms with Crippen molar-refractivity contribution in [1.82, 2.24) is 14.6 Å². The maximum absolute atomic E-state index is 12.6. The van der Waals surface area contributed by atoms with E-state index >= 15 is 0 Å². The minimum Gasteiger partial charge on any atom is -0.269 e. The SMILES string of the molecule is CCc1c(C(C)C)cc2nc(C(F)(F)F)[nH]n2c1=O. The lowest BCUT2D eigenvalue weighted by atomic mass is 9.97. The van der Waals surface area contributed by atoms with Gasteiger partial charge in [0.1, 0.15) is 0 Å². The van der Waals surface area contributed by atoms with Crippen LogP contribution < -0.4 is 5.56 Å². The van der Waals surface area contributed by atoms with Crippen LogP contribution in [0.4, 0.5) is 13.2 Å². The van der Waals surface area contributed by atoms with Gasteiger partial charge >= 0.3 is 6.18 Å². The topological polar surface area (TPSA) is 50.2 Å². The van der Waals surface area contributed by atoms with Gasteiger partial charge in [0.25, 0.3) is 5.56 Å². The van der Waals surface area contributed by atoms with Crippen molar-refractivity contribution in [2.75, 3.05) is 0 Å². The van der Waals surface area contributed by atoms with Gasteiger partial charge in [0.05, 0.1) is 0 Å². The van der Waals surface area contributed by atoms with Gasteiger partial charge in [-0.1, -0.05) is 20.8 Å². The van der Waals surface area contributed by atoms with Gasteiger partial charge in [-0.3, -0.25) is 9.89 Å². The third-order valence-electron chi connectivity index (χ3n) is 3.01. The Morgan fingerprint density at radius 1 is 1.42 bits per heavy atom. The Morgan fingerprint density at radius 3 is 2.53 bits per heavy atom. The first kappa shape index (κ1) is 13.6. The highest BCUT2D eigenvalue weighted by Gasteiger charge is 2.35. The second-order valence-electron chi connectivity index (χ2n) is 4.66. The lowest BCUT2D eigenvalue weighted by Crippen LogP contribution is -2.21. The minimum atomic E-state index is -4.59. The van der Waals surface area contributed by atoms with Gasteiger partial charge in [0, 0.05) is 5.56 Å². The minimum absolute atomic E-state index is 0.00164. The second-order valence-corrected chi connectivity index (χ2v) is 4.66. The van der Waals surface area contributed by atoms with Crippen LogP contribution in [0.15, 0.2) is 10.9 Å². The van der Waals surface area contributed by atoms with Crippen LogP contribution >= 0.6 is 0 Å². The lowest BCUT2D eigenvalue weighted by molar-refractivity contribution is -0.144. The Balaban J connectivity index is 2.80. The smallest absolute Gasteiger partial charge is 0.269 e. The summed E-state index contributed by atoms with van der Waals surface area (Å²) in [5.74, 6) is -1.11. The van der Waals surface area contributed by atoms with Crippen LogP contribution in [-0.4, -0.2) is 14.6 Å². The van der Waals surface area contributed by atoms with Crippen molar-refractivity contribution in [2.45, 2.75) is 39.3 Å². The molecule has 19 heavy (non-hydrogen) atoms. The van der Waals surface area contributed by atoms with Crippen LogP contribution in [0, 0.1) is 0 Å². The largest absolute Gasteiger partial charge is 0.451 e. The Morgan fingerprint density at radius 2 is 2.05 bits per heavy atom. The molecule has 2 heterocycles. The summed E-state index contributed by atoms with van der Waals surface area (Å²) < 4.78 is 38.6. The standard InChI is InChI=1S/C12H14F3N3O/c1-4-7-8(6(2)3)5-9-16-11(12(13,14)15)17-18(9)10(7)19/h5-6H,4H2,1-3H3,(H,16,17). The van der Waals surface area contributed by atoms with Crippen LogP contribution in [0.3, 0.4) is 0 Å². The molecule has 2 aromatic heterocycles. The van der Waals surface area contributed by atoms with Gasteiger partial charge in [0.2, 0.25) is 5.82 Å². The number of pyridine rings is 1. The number of hydrogen-bond acceptors (Lipinski definition) is 2. The van der Waals surface area contributed by atoms with E-state index in [9.17, 15) is 18.0 Å². The number of aromatic nitrogens is 3. The molecule has 0 unspecified atom stereocenters. The third kappa shape index (κ3) is 2.24. The summed E-state index contributed by atoms with van der Waals surface area (Å²) in [5, 5.41) is 2.01. The molecule has 0 bridgehead atoms. The zero-order valence-corrected chi connectivity index (χ0v) is 10.8. The number of alkyl halides is 3. The van der Waals surface area contributed by atoms with E-state index in [1.54, 1.807) is 6.92 Å². The molecule has 0 aliphatic heterocycles. The van der Waals surface area contributed by atoms with Crippen molar-refractivity contribution in [3.8, 4) is 0 Å². The number of H-pyrrole nitrogens is 1. The maximum Gasteiger partial charge on any atom is 0.451 e. The second kappa shape index (κ2) is 4.40. The Hall–Kier alpha value is -1.79. The van der Waals surface area contributed by atoms with Crippen molar-refractivity contribution in [3.05, 3.63) is 33.4 Å². The summed E-state index contributed by atoms with van der Waals surface area (Å²) in [5.41, 5.74) is 0.794. The molecule has 7 heteroatoms. The highest BCUT2D eigenvalue weighted by Crippen LogP contribution is 2.27. The number of nitrogens with zero attached hydrogens (tertiary/aromatic N) is 2. The average molecular weight is 273 g/mol. The van der Waals surface area contributed by atoms with Crippen LogP contribution in [0.2, 0.25) is 0 Å². The summed E-state index contributed by atoms with van der Waals surface area (Å²) in [6, 6.07) is 1.54. The molecule has 0 amide bonds. The van der Waals surface area contributed by atoms with Gasteiger partial charge in [-0.2, -0.15) is 17.7 Å². The molecule has 0 aliphatic rings. The van der Waals surface area contributed by atoms with E-state index in [0.717, 1.165) is 10.1 Å². The number of halogens is 3. The molecule has 0 aromatic carbocycles. The Kier molecular flexibility index (Phi) is 3.15. The highest BCUT2D eigenvalue weighted by molar-refractivity contribution is 5.45. The Labute approximate surface area is 107 Å². The van der Waals surface area contributed by atoms with Crippen molar-refractivity contribution in [3.63, 3.8) is 0 Å². The van der Waals surface area contributed by atoms with Crippen molar-refractivity contribution in [2.24, 2.45) is 0 Å². The van der Waals surface area contributed by atoms with E-state index in [0.29, 0.717) is 12.0 Å². The monoisotopic (exact) mass is 273 g/mol. The molecular formula is C12H14F3N3O. The molecular weight excluding hydrogens is 259 g/mol. The summed E-state index contributed by atoms with van der Waals surface area (Å²) in [4.78, 5) is 15.6. The van der Waals surface area contributed by atoms with E-state index in [2.05, 4.69) is 4.98 Å². The zero-order chi connectivity index (χ0) is 14.4. The fraction of sp³-hybridized carbons (Fsp3) is 0.500. The number of aromatic amines is 1. The quantitative estimate of drug-likeness (QED) is 0.914. The molecule has 0 radical (unpaired) electrons. The fourth-order valence-corrected chi connectivity index (χ4v) is 2.09. The molecule has 0 atom stereocenters. The van der Waals surface area contributed by atoms with E-state index in [4.69, 9.17) is 0 Å². The van der Waals surface area contributed by atoms with Gasteiger partial charge in [0.15, 0.2) is 5.65 Å². The molecule has 0 aliphatic carbocycles. The maximum atomic E-state index is 12.6. The number of rotatable bonds is 2. The van der Waals surface area contributed by atoms with Crippen LogP contribution in [0.25, 0.3) is 5.65 Å². The molecule has 1 N–H and O–H groups in total. The van der Waals surface area contributed by atoms with E-state index in [1.165, 1.54) is 6.07 Å². The predicted molar refractivity (Wildman–Crippen MR) is 64.3 cm³/mol. The Bertz CT molecular complexity index is 667. The van der Waals surface area contributed by atoms with Crippen molar-refractivity contribution in [1.29, 1.82) is 0 Å². The molecule has 4 nitrogen and oxygen atoms in total. The first-order chi connectivity index (χ1) is 8.75. The molecule has 0 spiro atoms. The van der Waals surface area contributed by atoms with Crippen LogP contribution in [0.1, 0.15) is 43.6 Å². The number of fused-ring (bicyclic) bond motifs is 1. The first-order valence-electron chi connectivity index (χ1n) is 5.97. The van der Waals surface area contributed by atoms with Crippen LogP contribution in [0.5, 0.6) is 0 Å². The normalized spacial score (nSPS) is 12.6. The van der Waals surface area contributed by atoms with Gasteiger partial charge in [-0.15, -0.1) is 0 Å². The van der Waals surface area contributed by atoms with Gasteiger partial charge < -0.3 is 0 Å². The summed E-state index contributed by atoms with van der Waals surface area (Å²) in [7, 11) is 0. The fourth-order valence-electron chi connectivity index (χ4n) is 2.09. The molecule has 2 aromatic rings. The van der Waals surface area contributed by atoms with E-state index < -0.39 is 17.6 Å². The van der Waals surface area contributed by atoms with E-state index in [-0.39, 0.29) is 11.6 Å². The molecule has 104 valence electrons.